The van der Waals surface area contributed by atoms with Gasteiger partial charge in [-0.1, -0.05) is 42.5 Å². The highest BCUT2D eigenvalue weighted by atomic mass is 16.2. The summed E-state index contributed by atoms with van der Waals surface area (Å²) in [4.78, 5) is 19.8. The number of anilines is 2. The number of rotatable bonds is 7. The molecule has 2 N–H and O–H groups in total. The second kappa shape index (κ2) is 11.6. The number of aromatic nitrogens is 3. The number of hydrogen-bond acceptors (Lipinski definition) is 5. The molecule has 5 rings (SSSR count). The number of nitrogens with zero attached hydrogens (tertiary/aromatic N) is 5. The highest BCUT2D eigenvalue weighted by Crippen LogP contribution is 2.30. The molecule has 2 heterocycles. The van der Waals surface area contributed by atoms with E-state index in [0.717, 1.165) is 54.0 Å². The standard InChI is InChI=1S/C30H31N7O/c1-36-18-17-28(35-36)24-8-12-26(13-9-24)37(30(38)33-20-22-5-3-2-4-6-22)27-14-10-25(11-15-27)34-29-16-7-23(19-31)21-32-29/h2-9,12-13,16-18,21,25,27H,10-11,14-15,20H2,1H3,(H,32,34)(H,33,38). The highest BCUT2D eigenvalue weighted by Gasteiger charge is 2.30. The Bertz CT molecular complexity index is 1380. The number of nitrogens with one attached hydrogen (secondary N) is 2. The van der Waals surface area contributed by atoms with Gasteiger partial charge in [0.1, 0.15) is 11.9 Å². The maximum Gasteiger partial charge on any atom is 0.322 e. The molecule has 1 aliphatic carbocycles. The highest BCUT2D eigenvalue weighted by molar-refractivity contribution is 5.93. The summed E-state index contributed by atoms with van der Waals surface area (Å²) >= 11 is 0. The quantitative estimate of drug-likeness (QED) is 0.346. The van der Waals surface area contributed by atoms with E-state index in [9.17, 15) is 4.79 Å². The molecule has 1 aliphatic rings. The van der Waals surface area contributed by atoms with Crippen LogP contribution in [0, 0.1) is 11.3 Å². The molecule has 38 heavy (non-hydrogen) atoms. The molecular formula is C30H31N7O. The molecule has 2 aromatic heterocycles. The van der Waals surface area contributed by atoms with Crippen LogP contribution in [-0.4, -0.2) is 32.9 Å². The van der Waals surface area contributed by atoms with Crippen LogP contribution in [0.2, 0.25) is 0 Å². The van der Waals surface area contributed by atoms with Crippen molar-refractivity contribution in [3.8, 4) is 17.3 Å². The molecule has 8 nitrogen and oxygen atoms in total. The van der Waals surface area contributed by atoms with Gasteiger partial charge in [0, 0.05) is 49.3 Å². The van der Waals surface area contributed by atoms with Crippen molar-refractivity contribution in [1.82, 2.24) is 20.1 Å². The molecule has 0 saturated heterocycles. The van der Waals surface area contributed by atoms with E-state index in [0.29, 0.717) is 12.1 Å². The van der Waals surface area contributed by atoms with Gasteiger partial charge in [-0.25, -0.2) is 9.78 Å². The SMILES string of the molecule is Cn1ccc(-c2ccc(N(C(=O)NCc3ccccc3)C3CCC(Nc4ccc(C#N)cn4)CC3)cc2)n1. The maximum absolute atomic E-state index is 13.6. The van der Waals surface area contributed by atoms with Crippen LogP contribution >= 0.6 is 0 Å². The van der Waals surface area contributed by atoms with Crippen molar-refractivity contribution >= 4 is 17.5 Å². The first-order valence-corrected chi connectivity index (χ1v) is 12.9. The molecule has 1 saturated carbocycles. The van der Waals surface area contributed by atoms with E-state index in [1.807, 2.05) is 84.9 Å². The lowest BCUT2D eigenvalue weighted by Crippen LogP contribution is -2.48. The van der Waals surface area contributed by atoms with Crippen LogP contribution in [0.15, 0.2) is 85.2 Å². The van der Waals surface area contributed by atoms with Gasteiger partial charge in [-0.05, 0) is 61.6 Å². The lowest BCUT2D eigenvalue weighted by molar-refractivity contribution is 0.240. The van der Waals surface area contributed by atoms with Gasteiger partial charge < -0.3 is 10.6 Å². The topological polar surface area (TPSA) is 98.9 Å². The number of aryl methyl sites for hydroxylation is 1. The predicted molar refractivity (Wildman–Crippen MR) is 148 cm³/mol. The predicted octanol–water partition coefficient (Wildman–Crippen LogP) is 5.49. The summed E-state index contributed by atoms with van der Waals surface area (Å²) in [5.41, 5.74) is 4.41. The fourth-order valence-electron chi connectivity index (χ4n) is 4.95. The van der Waals surface area contributed by atoms with E-state index in [1.165, 1.54) is 0 Å². The molecule has 192 valence electrons. The molecule has 4 aromatic rings. The number of urea groups is 1. The molecule has 0 unspecified atom stereocenters. The fraction of sp³-hybridized carbons (Fsp3) is 0.267. The molecule has 0 bridgehead atoms. The van der Waals surface area contributed by atoms with Gasteiger partial charge in [-0.15, -0.1) is 0 Å². The van der Waals surface area contributed by atoms with Gasteiger partial charge in [-0.3, -0.25) is 9.58 Å². The van der Waals surface area contributed by atoms with Crippen LogP contribution in [-0.2, 0) is 13.6 Å². The minimum absolute atomic E-state index is 0.0819. The third kappa shape index (κ3) is 6.01. The zero-order valence-corrected chi connectivity index (χ0v) is 21.4. The van der Waals surface area contributed by atoms with Gasteiger partial charge in [0.05, 0.1) is 11.3 Å². The average Bonchev–Trinajstić information content (AvgIpc) is 3.40. The monoisotopic (exact) mass is 505 g/mol. The van der Waals surface area contributed by atoms with Gasteiger partial charge in [0.15, 0.2) is 0 Å². The smallest absolute Gasteiger partial charge is 0.322 e. The Morgan fingerprint density at radius 1 is 1.03 bits per heavy atom. The van der Waals surface area contributed by atoms with E-state index < -0.39 is 0 Å². The number of pyridine rings is 1. The first-order valence-electron chi connectivity index (χ1n) is 12.9. The Morgan fingerprint density at radius 2 is 1.79 bits per heavy atom. The number of nitriles is 1. The Kier molecular flexibility index (Phi) is 7.65. The van der Waals surface area contributed by atoms with E-state index in [-0.39, 0.29) is 18.1 Å². The maximum atomic E-state index is 13.6. The summed E-state index contributed by atoms with van der Waals surface area (Å²) in [5.74, 6) is 0.773. The molecule has 0 spiro atoms. The van der Waals surface area contributed by atoms with Crippen molar-refractivity contribution in [3.05, 3.63) is 96.3 Å². The average molecular weight is 506 g/mol. The van der Waals surface area contributed by atoms with E-state index in [1.54, 1.807) is 16.9 Å². The minimum atomic E-state index is -0.0930. The van der Waals surface area contributed by atoms with Crippen LogP contribution in [0.25, 0.3) is 11.3 Å². The zero-order valence-electron chi connectivity index (χ0n) is 21.4. The lowest BCUT2D eigenvalue weighted by Gasteiger charge is -2.37. The van der Waals surface area contributed by atoms with Crippen LogP contribution in [0.4, 0.5) is 16.3 Å². The third-order valence-corrected chi connectivity index (χ3v) is 6.97. The summed E-state index contributed by atoms with van der Waals surface area (Å²) in [7, 11) is 1.90. The van der Waals surface area contributed by atoms with Gasteiger partial charge in [0.25, 0.3) is 0 Å². The molecule has 0 radical (unpaired) electrons. The fourth-order valence-corrected chi connectivity index (χ4v) is 4.95. The Labute approximate surface area is 222 Å². The van der Waals surface area contributed by atoms with E-state index in [4.69, 9.17) is 5.26 Å². The van der Waals surface area contributed by atoms with Crippen LogP contribution < -0.4 is 15.5 Å². The number of benzene rings is 2. The number of carbonyl (C=O) groups is 1. The van der Waals surface area contributed by atoms with Gasteiger partial charge in [0.2, 0.25) is 0 Å². The van der Waals surface area contributed by atoms with Crippen LogP contribution in [0.5, 0.6) is 0 Å². The molecular weight excluding hydrogens is 474 g/mol. The Morgan fingerprint density at radius 3 is 2.42 bits per heavy atom. The van der Waals surface area contributed by atoms with Crippen molar-refractivity contribution in [2.24, 2.45) is 7.05 Å². The first kappa shape index (κ1) is 25.0. The molecule has 2 aromatic carbocycles. The van der Waals surface area contributed by atoms with E-state index >= 15 is 0 Å². The molecule has 1 fully saturated rings. The molecule has 0 aliphatic heterocycles. The summed E-state index contributed by atoms with van der Waals surface area (Å²) in [5, 5.41) is 20.1. The third-order valence-electron chi connectivity index (χ3n) is 6.97. The van der Waals surface area contributed by atoms with Crippen molar-refractivity contribution in [2.45, 2.75) is 44.3 Å². The van der Waals surface area contributed by atoms with Gasteiger partial charge in [-0.2, -0.15) is 10.4 Å². The summed E-state index contributed by atoms with van der Waals surface area (Å²) in [6, 6.07) is 26.0. The number of amides is 2. The summed E-state index contributed by atoms with van der Waals surface area (Å²) < 4.78 is 1.78. The van der Waals surface area contributed by atoms with Gasteiger partial charge >= 0.3 is 6.03 Å². The zero-order chi connectivity index (χ0) is 26.3. The minimum Gasteiger partial charge on any atom is -0.367 e. The van der Waals surface area contributed by atoms with Crippen LogP contribution in [0.1, 0.15) is 36.8 Å². The largest absolute Gasteiger partial charge is 0.367 e. The van der Waals surface area contributed by atoms with Crippen molar-refractivity contribution < 1.29 is 4.79 Å². The van der Waals surface area contributed by atoms with E-state index in [2.05, 4.69) is 26.8 Å². The number of carbonyl (C=O) groups excluding carboxylic acids is 1. The summed E-state index contributed by atoms with van der Waals surface area (Å²) in [6.45, 7) is 0.476. The van der Waals surface area contributed by atoms with Crippen LogP contribution in [0.3, 0.4) is 0 Å². The summed E-state index contributed by atoms with van der Waals surface area (Å²) in [6.07, 6.45) is 7.08. The lowest BCUT2D eigenvalue weighted by atomic mass is 9.89. The first-order chi connectivity index (χ1) is 18.6. The van der Waals surface area contributed by atoms with Crippen molar-refractivity contribution in [2.75, 3.05) is 10.2 Å². The second-order valence-corrected chi connectivity index (χ2v) is 9.63. The Hall–Kier alpha value is -4.64. The Balaban J connectivity index is 1.29. The second-order valence-electron chi connectivity index (χ2n) is 9.63. The molecule has 0 atom stereocenters. The van der Waals surface area contributed by atoms with Crippen molar-refractivity contribution in [1.29, 1.82) is 5.26 Å². The normalized spacial score (nSPS) is 16.8. The molecule has 8 heteroatoms. The molecule has 2 amide bonds. The number of hydrogen-bond donors (Lipinski definition) is 2. The van der Waals surface area contributed by atoms with Crippen molar-refractivity contribution in [3.63, 3.8) is 0 Å².